The van der Waals surface area contributed by atoms with Gasteiger partial charge < -0.3 is 77.2 Å². The molecule has 0 aromatic rings. The summed E-state index contributed by atoms with van der Waals surface area (Å²) in [7, 11) is 1.22. The van der Waals surface area contributed by atoms with Crippen LogP contribution in [0.1, 0.15) is 376 Å². The molecule has 2 unspecified atom stereocenters. The van der Waals surface area contributed by atoms with Crippen LogP contribution in [0.2, 0.25) is 0 Å². The van der Waals surface area contributed by atoms with E-state index in [1.165, 1.54) is 64.9 Å². The van der Waals surface area contributed by atoms with Crippen LogP contribution in [0.4, 0.5) is 0 Å². The molecule has 0 spiro atoms. The number of unbranched alkanes of at least 4 members (excludes halogenated alkanes) is 28. The summed E-state index contributed by atoms with van der Waals surface area (Å²) in [5.41, 5.74) is -3.00. The number of methoxy groups -OCH3 is 1. The first-order valence-corrected chi connectivity index (χ1v) is 43.0. The summed E-state index contributed by atoms with van der Waals surface area (Å²) in [6.07, 6.45) is 38.9. The number of ether oxygens (including phenoxy) is 3. The summed E-state index contributed by atoms with van der Waals surface area (Å²) >= 11 is 0. The van der Waals surface area contributed by atoms with Gasteiger partial charge in [-0.15, -0.1) is 12.3 Å². The van der Waals surface area contributed by atoms with Crippen molar-refractivity contribution in [1.82, 2.24) is 42.5 Å². The predicted octanol–water partition coefficient (Wildman–Crippen LogP) is 13.2. The van der Waals surface area contributed by atoms with E-state index in [1.54, 1.807) is 0 Å². The second kappa shape index (κ2) is 64.7. The monoisotopic (exact) mass is 1620 g/mol. The van der Waals surface area contributed by atoms with Gasteiger partial charge in [-0.1, -0.05) is 154 Å². The fourth-order valence-corrected chi connectivity index (χ4v) is 13.0. The van der Waals surface area contributed by atoms with E-state index in [0.717, 1.165) is 109 Å². The number of hydrogen-bond acceptors (Lipinski definition) is 16. The summed E-state index contributed by atoms with van der Waals surface area (Å²) in [6.45, 7) is 15.7. The van der Waals surface area contributed by atoms with Crippen LogP contribution >= 0.6 is 0 Å². The maximum atomic E-state index is 14.2. The third kappa shape index (κ3) is 63.8. The van der Waals surface area contributed by atoms with Crippen LogP contribution in [0.5, 0.6) is 0 Å². The van der Waals surface area contributed by atoms with Gasteiger partial charge >= 0.3 is 29.8 Å². The quantitative estimate of drug-likeness (QED) is 0.0153. The lowest BCUT2D eigenvalue weighted by Crippen LogP contribution is -2.53. The molecule has 12 N–H and O–H groups in total. The second-order valence-electron chi connectivity index (χ2n) is 33.4. The van der Waals surface area contributed by atoms with Gasteiger partial charge in [-0.2, -0.15) is 0 Å². The first kappa shape index (κ1) is 107. The minimum atomic E-state index is -1.23. The van der Waals surface area contributed by atoms with Crippen LogP contribution in [-0.2, 0) is 76.5 Å². The van der Waals surface area contributed by atoms with Crippen molar-refractivity contribution in [3.8, 4) is 12.3 Å². The van der Waals surface area contributed by atoms with Crippen LogP contribution in [0.25, 0.3) is 0 Å². The number of terminal acetylenes is 1. The van der Waals surface area contributed by atoms with Crippen LogP contribution in [-0.4, -0.2) is 177 Å². The zero-order chi connectivity index (χ0) is 85.5. The molecule has 0 radical (unpaired) electrons. The summed E-state index contributed by atoms with van der Waals surface area (Å²) in [4.78, 5) is 163. The first-order chi connectivity index (χ1) is 54.0. The van der Waals surface area contributed by atoms with E-state index < -0.39 is 99.9 Å². The molecule has 0 aliphatic rings. The number of carbonyl (C=O) groups is 13. The van der Waals surface area contributed by atoms with Crippen molar-refractivity contribution >= 4 is 77.1 Å². The molecule has 28 heteroatoms. The van der Waals surface area contributed by atoms with Gasteiger partial charge in [0.15, 0.2) is 0 Å². The van der Waals surface area contributed by atoms with Crippen molar-refractivity contribution in [2.75, 3.05) is 33.4 Å². The molecular formula is C86H152N8O20. The highest BCUT2D eigenvalue weighted by molar-refractivity contribution is 5.89. The predicted molar refractivity (Wildman–Crippen MR) is 440 cm³/mol. The molecular weight excluding hydrogens is 1460 g/mol. The molecule has 0 aromatic carbocycles. The smallest absolute Gasteiger partial charge is 0.328 e. The molecule has 0 aliphatic heterocycles. The molecule has 0 heterocycles. The SMILES string of the molecule is C#CCCC(=O)NC(C)(C)CCOC(C)(C)CCC(=O)N[C@@H](CCCCNC(=O)CCC(NC(=O)CCCCCCCCCCCCCCCCC(=O)O)C(=O)O)C(=O)NC(C)(C)CCOC(C)(C)CCC(=O)N[C@@H](CCCCNC(=O)CCC(NC(=O)CCCCCCCCCCCCCCCCC(=O)O)C(=O)O)C(=O)OC. The fourth-order valence-electron chi connectivity index (χ4n) is 13.0. The van der Waals surface area contributed by atoms with Crippen molar-refractivity contribution in [2.24, 2.45) is 0 Å². The Morgan fingerprint density at radius 3 is 0.965 bits per heavy atom. The Morgan fingerprint density at radius 1 is 0.325 bits per heavy atom. The Morgan fingerprint density at radius 2 is 0.632 bits per heavy atom. The lowest BCUT2D eigenvalue weighted by atomic mass is 9.98. The van der Waals surface area contributed by atoms with E-state index in [9.17, 15) is 72.5 Å². The summed E-state index contributed by atoms with van der Waals surface area (Å²) in [5, 5.41) is 59.5. The van der Waals surface area contributed by atoms with E-state index in [1.807, 2.05) is 55.4 Å². The molecule has 114 heavy (non-hydrogen) atoms. The van der Waals surface area contributed by atoms with Crippen LogP contribution in [0, 0.1) is 12.3 Å². The molecule has 0 rings (SSSR count). The average Bonchev–Trinajstić information content (AvgIpc) is 0.867. The number of aliphatic carboxylic acids is 4. The number of rotatable bonds is 76. The highest BCUT2D eigenvalue weighted by Crippen LogP contribution is 2.24. The van der Waals surface area contributed by atoms with Crippen molar-refractivity contribution in [3.63, 3.8) is 0 Å². The van der Waals surface area contributed by atoms with Gasteiger partial charge in [-0.25, -0.2) is 14.4 Å². The highest BCUT2D eigenvalue weighted by atomic mass is 16.5. The van der Waals surface area contributed by atoms with Gasteiger partial charge in [0, 0.05) is 102 Å². The highest BCUT2D eigenvalue weighted by Gasteiger charge is 2.32. The summed E-state index contributed by atoms with van der Waals surface area (Å²) in [6, 6.07) is -4.39. The Labute approximate surface area is 682 Å². The van der Waals surface area contributed by atoms with Gasteiger partial charge in [0.25, 0.3) is 0 Å². The van der Waals surface area contributed by atoms with Gasteiger partial charge in [-0.05, 0) is 158 Å². The van der Waals surface area contributed by atoms with E-state index in [-0.39, 0.29) is 133 Å². The third-order valence-corrected chi connectivity index (χ3v) is 20.4. The number of carboxylic acids is 4. The largest absolute Gasteiger partial charge is 0.481 e. The number of carboxylic acid groups (broad SMARTS) is 4. The van der Waals surface area contributed by atoms with Crippen molar-refractivity contribution in [2.45, 2.75) is 423 Å². The maximum Gasteiger partial charge on any atom is 0.328 e. The van der Waals surface area contributed by atoms with Gasteiger partial charge in [-0.3, -0.25) is 47.9 Å². The summed E-state index contributed by atoms with van der Waals surface area (Å²) in [5.74, 6) is -5.04. The molecule has 0 bridgehead atoms. The molecule has 0 aliphatic carbocycles. The first-order valence-electron chi connectivity index (χ1n) is 43.0. The Bertz CT molecular complexity index is 2820. The van der Waals surface area contributed by atoms with Crippen LogP contribution in [0.3, 0.4) is 0 Å². The molecule has 0 saturated heterocycles. The standard InChI is InChI=1S/C86H152N8O20/c1-11-12-47-76(101)93-83(2,3)60-64-113-85(6,7)58-56-74(99)89-66(45-41-43-62-87-70(95)54-52-67(80(107)108)90-72(97)48-37-33-29-25-21-17-13-15-19-23-27-31-35-39-50-77(102)103)79(106)94-84(4,5)61-65-114-86(8,9)59-57-75(100)92-69(82(111)112-10)46-42-44-63-88-71(96)55-53-68(81(109)110)91-73(98)49-38-34-30-26-22-18-14-16-20-24-28-32-36-40-51-78(104)105/h1,66-69H,12-65H2,2-10H3,(H,87,95)(H,88,96)(H,89,99)(H,90,97)(H,91,98)(H,92,100)(H,93,101)(H,94,106)(H,102,103)(H,104,105)(H,107,108)(H,109,110)/t66-,67?,68?,69-/m0/s1. The lowest BCUT2D eigenvalue weighted by Gasteiger charge is -2.32. The lowest BCUT2D eigenvalue weighted by molar-refractivity contribution is -0.145. The van der Waals surface area contributed by atoms with Crippen molar-refractivity contribution < 1.29 is 97.0 Å². The number of nitrogens with one attached hydrogen (secondary N) is 8. The van der Waals surface area contributed by atoms with Gasteiger partial charge in [0.1, 0.15) is 24.2 Å². The van der Waals surface area contributed by atoms with Gasteiger partial charge in [0.2, 0.25) is 47.3 Å². The summed E-state index contributed by atoms with van der Waals surface area (Å²) < 4.78 is 17.4. The van der Waals surface area contributed by atoms with Crippen LogP contribution in [0.15, 0.2) is 0 Å². The molecule has 656 valence electrons. The normalized spacial score (nSPS) is 12.7. The minimum Gasteiger partial charge on any atom is -0.481 e. The van der Waals surface area contributed by atoms with Crippen molar-refractivity contribution in [3.05, 3.63) is 0 Å². The minimum absolute atomic E-state index is 0.00243. The molecule has 0 aromatic heterocycles. The zero-order valence-corrected chi connectivity index (χ0v) is 71.4. The number of amides is 8. The van der Waals surface area contributed by atoms with E-state index in [4.69, 9.17) is 30.8 Å². The maximum absolute atomic E-state index is 14.2. The topological polar surface area (TPSA) is 427 Å². The Kier molecular flexibility index (Phi) is 60.5. The third-order valence-electron chi connectivity index (χ3n) is 20.4. The molecule has 4 atom stereocenters. The number of hydrogen-bond donors (Lipinski definition) is 12. The zero-order valence-electron chi connectivity index (χ0n) is 71.4. The van der Waals surface area contributed by atoms with Crippen LogP contribution < -0.4 is 42.5 Å². The van der Waals surface area contributed by atoms with E-state index in [0.29, 0.717) is 70.8 Å². The number of carbonyl (C=O) groups excluding carboxylic acids is 9. The number of esters is 1. The Balaban J connectivity index is 5.26. The molecule has 0 saturated carbocycles. The van der Waals surface area contributed by atoms with E-state index in [2.05, 4.69) is 48.5 Å². The van der Waals surface area contributed by atoms with E-state index >= 15 is 0 Å². The molecule has 0 fully saturated rings. The average molecular weight is 1620 g/mol. The second-order valence-corrected chi connectivity index (χ2v) is 33.4. The fraction of sp³-hybridized carbons (Fsp3) is 0.826. The van der Waals surface area contributed by atoms with Gasteiger partial charge in [0.05, 0.1) is 18.3 Å². The Hall–Kier alpha value is -7.41. The molecule has 8 amide bonds. The molecule has 28 nitrogen and oxygen atoms in total. The van der Waals surface area contributed by atoms with Crippen molar-refractivity contribution in [1.29, 1.82) is 0 Å².